The fourth-order valence-corrected chi connectivity index (χ4v) is 2.15. The topological polar surface area (TPSA) is 92.8 Å². The summed E-state index contributed by atoms with van der Waals surface area (Å²) in [4.78, 5) is 18.4. The van der Waals surface area contributed by atoms with E-state index in [2.05, 4.69) is 30.2 Å². The van der Waals surface area contributed by atoms with E-state index in [1.807, 2.05) is 6.07 Å². The second kappa shape index (κ2) is 6.09. The molecule has 3 rings (SSSR count). The normalized spacial score (nSPS) is 15.5. The predicted molar refractivity (Wildman–Crippen MR) is 76.5 cm³/mol. The van der Waals surface area contributed by atoms with Crippen molar-refractivity contribution in [3.63, 3.8) is 0 Å². The Kier molecular flexibility index (Phi) is 4.01. The first-order valence-corrected chi connectivity index (χ1v) is 7.03. The van der Waals surface area contributed by atoms with Crippen LogP contribution in [0.2, 0.25) is 0 Å². The first kappa shape index (κ1) is 13.8. The number of nitrogens with one attached hydrogen (secondary N) is 2. The summed E-state index contributed by atoms with van der Waals surface area (Å²) in [5.74, 6) is 1.91. The largest absolute Gasteiger partial charge is 0.466 e. The molecule has 21 heavy (non-hydrogen) atoms. The number of carbonyl (C=O) groups excluding carboxylic acids is 1. The molecule has 2 heterocycles. The lowest BCUT2D eigenvalue weighted by Crippen LogP contribution is -2.05. The molecule has 8 heteroatoms. The van der Waals surface area contributed by atoms with Gasteiger partial charge in [-0.15, -0.1) is 11.6 Å². The van der Waals surface area contributed by atoms with E-state index in [0.29, 0.717) is 29.7 Å². The second-order valence-corrected chi connectivity index (χ2v) is 5.36. The average Bonchev–Trinajstić information content (AvgIpc) is 3.25. The molecule has 0 amide bonds. The third-order valence-electron chi connectivity index (χ3n) is 3.19. The molecule has 0 radical (unpaired) electrons. The molecule has 2 aromatic rings. The number of hydrogen-bond acceptors (Lipinski definition) is 6. The van der Waals surface area contributed by atoms with Crippen LogP contribution in [-0.4, -0.2) is 33.2 Å². The SMILES string of the molecule is O=COCC(Cl)c1cc(Nc2cc(C3CC3)[nH]n2)ncn1. The molecule has 1 aliphatic carbocycles. The van der Waals surface area contributed by atoms with Crippen molar-refractivity contribution in [1.82, 2.24) is 20.2 Å². The number of nitrogens with zero attached hydrogens (tertiary/aromatic N) is 3. The Morgan fingerprint density at radius 2 is 2.29 bits per heavy atom. The van der Waals surface area contributed by atoms with Gasteiger partial charge in [0.05, 0.1) is 5.69 Å². The van der Waals surface area contributed by atoms with E-state index in [4.69, 9.17) is 11.6 Å². The molecule has 2 aromatic heterocycles. The Balaban J connectivity index is 1.68. The summed E-state index contributed by atoms with van der Waals surface area (Å²) in [7, 11) is 0. The van der Waals surface area contributed by atoms with Gasteiger partial charge in [0.1, 0.15) is 24.1 Å². The van der Waals surface area contributed by atoms with Crippen molar-refractivity contribution in [2.75, 3.05) is 11.9 Å². The summed E-state index contributed by atoms with van der Waals surface area (Å²) in [5, 5.41) is 9.79. The molecule has 1 unspecified atom stereocenters. The van der Waals surface area contributed by atoms with Gasteiger partial charge in [0, 0.05) is 23.7 Å². The van der Waals surface area contributed by atoms with Crippen molar-refractivity contribution in [3.8, 4) is 0 Å². The molecular weight excluding hydrogens is 294 g/mol. The van der Waals surface area contributed by atoms with Gasteiger partial charge in [-0.3, -0.25) is 9.89 Å². The lowest BCUT2D eigenvalue weighted by atomic mass is 10.3. The van der Waals surface area contributed by atoms with Crippen LogP contribution in [0.5, 0.6) is 0 Å². The van der Waals surface area contributed by atoms with Gasteiger partial charge in [0.25, 0.3) is 6.47 Å². The number of alkyl halides is 1. The van der Waals surface area contributed by atoms with Gasteiger partial charge in [-0.2, -0.15) is 5.10 Å². The van der Waals surface area contributed by atoms with Gasteiger partial charge in [-0.05, 0) is 12.8 Å². The smallest absolute Gasteiger partial charge is 0.293 e. The molecule has 1 saturated carbocycles. The number of carbonyl (C=O) groups is 1. The van der Waals surface area contributed by atoms with Crippen LogP contribution in [0.1, 0.15) is 35.5 Å². The summed E-state index contributed by atoms with van der Waals surface area (Å²) in [6.07, 6.45) is 3.83. The molecule has 0 aromatic carbocycles. The maximum atomic E-state index is 10.2. The fourth-order valence-electron chi connectivity index (χ4n) is 1.96. The molecule has 1 atom stereocenters. The lowest BCUT2D eigenvalue weighted by Gasteiger charge is -2.08. The number of aromatic nitrogens is 4. The molecule has 0 bridgehead atoms. The summed E-state index contributed by atoms with van der Waals surface area (Å²) in [6, 6.07) is 3.68. The molecule has 110 valence electrons. The van der Waals surface area contributed by atoms with Crippen LogP contribution in [0.4, 0.5) is 11.6 Å². The van der Waals surface area contributed by atoms with E-state index in [0.717, 1.165) is 5.69 Å². The Labute approximate surface area is 126 Å². The van der Waals surface area contributed by atoms with E-state index in [1.165, 1.54) is 19.2 Å². The third-order valence-corrected chi connectivity index (χ3v) is 3.54. The minimum Gasteiger partial charge on any atom is -0.466 e. The number of H-pyrrole nitrogens is 1. The van der Waals surface area contributed by atoms with E-state index >= 15 is 0 Å². The Bertz CT molecular complexity index is 629. The number of aromatic amines is 1. The van der Waals surface area contributed by atoms with Crippen molar-refractivity contribution in [1.29, 1.82) is 0 Å². The number of rotatable bonds is 7. The zero-order valence-electron chi connectivity index (χ0n) is 11.1. The summed E-state index contributed by atoms with van der Waals surface area (Å²) in [5.41, 5.74) is 1.72. The van der Waals surface area contributed by atoms with E-state index in [1.54, 1.807) is 6.07 Å². The van der Waals surface area contributed by atoms with Crippen molar-refractivity contribution < 1.29 is 9.53 Å². The van der Waals surface area contributed by atoms with Gasteiger partial charge >= 0.3 is 0 Å². The molecule has 0 spiro atoms. The van der Waals surface area contributed by atoms with E-state index in [-0.39, 0.29) is 6.61 Å². The fraction of sp³-hybridized carbons (Fsp3) is 0.385. The van der Waals surface area contributed by atoms with Crippen molar-refractivity contribution in [2.24, 2.45) is 0 Å². The second-order valence-electron chi connectivity index (χ2n) is 4.83. The quantitative estimate of drug-likeness (QED) is 0.602. The molecule has 2 N–H and O–H groups in total. The summed E-state index contributed by atoms with van der Waals surface area (Å²) >= 11 is 6.09. The summed E-state index contributed by atoms with van der Waals surface area (Å²) < 4.78 is 4.63. The van der Waals surface area contributed by atoms with Crippen LogP contribution in [0.25, 0.3) is 0 Å². The number of ether oxygens (including phenoxy) is 1. The molecule has 1 fully saturated rings. The first-order chi connectivity index (χ1) is 10.3. The van der Waals surface area contributed by atoms with Crippen LogP contribution >= 0.6 is 11.6 Å². The maximum Gasteiger partial charge on any atom is 0.293 e. The van der Waals surface area contributed by atoms with Crippen LogP contribution in [-0.2, 0) is 9.53 Å². The van der Waals surface area contributed by atoms with Crippen molar-refractivity contribution in [2.45, 2.75) is 24.1 Å². The monoisotopic (exact) mass is 307 g/mol. The van der Waals surface area contributed by atoms with Gasteiger partial charge in [0.2, 0.25) is 0 Å². The first-order valence-electron chi connectivity index (χ1n) is 6.60. The van der Waals surface area contributed by atoms with Gasteiger partial charge in [-0.1, -0.05) is 0 Å². The highest BCUT2D eigenvalue weighted by Crippen LogP contribution is 2.39. The number of halogens is 1. The molecule has 7 nitrogen and oxygen atoms in total. The van der Waals surface area contributed by atoms with Crippen LogP contribution in [0, 0.1) is 0 Å². The lowest BCUT2D eigenvalue weighted by molar-refractivity contribution is -0.128. The molecule has 0 saturated heterocycles. The number of hydrogen-bond donors (Lipinski definition) is 2. The molecule has 1 aliphatic rings. The van der Waals surface area contributed by atoms with Crippen LogP contribution < -0.4 is 5.32 Å². The average molecular weight is 308 g/mol. The van der Waals surface area contributed by atoms with Crippen LogP contribution in [0.3, 0.4) is 0 Å². The minimum atomic E-state index is -0.514. The highest BCUT2D eigenvalue weighted by atomic mass is 35.5. The van der Waals surface area contributed by atoms with E-state index in [9.17, 15) is 4.79 Å². The highest BCUT2D eigenvalue weighted by Gasteiger charge is 2.25. The zero-order chi connectivity index (χ0) is 14.7. The van der Waals surface area contributed by atoms with Gasteiger partial charge in [-0.25, -0.2) is 9.97 Å². The van der Waals surface area contributed by atoms with E-state index < -0.39 is 5.38 Å². The summed E-state index contributed by atoms with van der Waals surface area (Å²) in [6.45, 7) is 0.425. The minimum absolute atomic E-state index is 0.0652. The molecule has 0 aliphatic heterocycles. The third kappa shape index (κ3) is 3.49. The van der Waals surface area contributed by atoms with Gasteiger partial charge in [0.15, 0.2) is 5.82 Å². The Hall–Kier alpha value is -2.15. The highest BCUT2D eigenvalue weighted by molar-refractivity contribution is 6.20. The molecular formula is C13H14ClN5O2. The Morgan fingerprint density at radius 3 is 3.05 bits per heavy atom. The zero-order valence-corrected chi connectivity index (χ0v) is 11.9. The Morgan fingerprint density at radius 1 is 1.43 bits per heavy atom. The number of anilines is 2. The van der Waals surface area contributed by atoms with Crippen molar-refractivity contribution in [3.05, 3.63) is 29.8 Å². The standard InChI is InChI=1S/C13H14ClN5O2/c14-9(5-21-7-20)11-4-12(16-6-15-11)17-13-3-10(18-19-13)8-1-2-8/h3-4,6-9H,1-2,5H2,(H2,15,16,17,18,19). The van der Waals surface area contributed by atoms with Crippen LogP contribution in [0.15, 0.2) is 18.5 Å². The predicted octanol–water partition coefficient (Wildman–Crippen LogP) is 2.27. The van der Waals surface area contributed by atoms with Gasteiger partial charge < -0.3 is 10.1 Å². The maximum absolute atomic E-state index is 10.2. The van der Waals surface area contributed by atoms with Crippen molar-refractivity contribution >= 4 is 29.7 Å².